The molecule has 0 radical (unpaired) electrons. The second-order valence-electron chi connectivity index (χ2n) is 10.3. The number of anilines is 1. The van der Waals surface area contributed by atoms with Crippen molar-refractivity contribution in [3.05, 3.63) is 77.5 Å². The second kappa shape index (κ2) is 8.47. The van der Waals surface area contributed by atoms with Gasteiger partial charge in [0.25, 0.3) is 0 Å². The lowest BCUT2D eigenvalue weighted by Crippen LogP contribution is -2.31. The lowest BCUT2D eigenvalue weighted by atomic mass is 10.0. The number of nitrogens with zero attached hydrogens (tertiary/aromatic N) is 6. The Kier molecular flexibility index (Phi) is 5.41. The molecule has 10 heteroatoms. The van der Waals surface area contributed by atoms with Crippen LogP contribution in [0.2, 0.25) is 0 Å². The monoisotopic (exact) mass is 518 g/mol. The summed E-state index contributed by atoms with van der Waals surface area (Å²) in [5.41, 5.74) is 2.49. The third-order valence-electron chi connectivity index (χ3n) is 7.29. The molecule has 3 aromatic heterocycles. The van der Waals surface area contributed by atoms with Crippen LogP contribution in [0.25, 0.3) is 22.8 Å². The predicted octanol–water partition coefficient (Wildman–Crippen LogP) is 5.66. The maximum absolute atomic E-state index is 13.5. The van der Waals surface area contributed by atoms with E-state index in [2.05, 4.69) is 28.8 Å². The number of hydrogen-bond donors (Lipinski definition) is 0. The maximum atomic E-state index is 13.5. The fourth-order valence-electron chi connectivity index (χ4n) is 5.15. The van der Waals surface area contributed by atoms with Gasteiger partial charge >= 0.3 is 6.18 Å². The van der Waals surface area contributed by atoms with Crippen LogP contribution in [0.3, 0.4) is 0 Å². The van der Waals surface area contributed by atoms with Crippen molar-refractivity contribution >= 4 is 11.7 Å². The van der Waals surface area contributed by atoms with Crippen LogP contribution in [0.15, 0.2) is 55.0 Å². The number of imidazole rings is 1. The summed E-state index contributed by atoms with van der Waals surface area (Å²) < 4.78 is 40.6. The Hall–Kier alpha value is -4.08. The molecule has 2 aliphatic rings. The highest BCUT2D eigenvalue weighted by molar-refractivity contribution is 6.09. The van der Waals surface area contributed by atoms with E-state index < -0.39 is 17.3 Å². The second-order valence-corrected chi connectivity index (χ2v) is 10.3. The van der Waals surface area contributed by atoms with Crippen LogP contribution in [0.1, 0.15) is 55.1 Å². The van der Waals surface area contributed by atoms with E-state index in [1.807, 2.05) is 24.3 Å². The van der Waals surface area contributed by atoms with Gasteiger partial charge < -0.3 is 4.57 Å². The van der Waals surface area contributed by atoms with Crippen LogP contribution in [0, 0.1) is 0 Å². The van der Waals surface area contributed by atoms with Gasteiger partial charge in [0.15, 0.2) is 11.5 Å². The standard InChI is InChI=1S/C28H25F3N6O/c1-16(2)22-19(5-4-12-32-22)23-33-13-20-25(35-23)37(26(38)27(20)10-11-27)14-17-6-8-18(9-7-17)24-34-21(15-36(24)3)28(29,30)31/h4-9,12-13,15-16H,10-11,14H2,1-3H3. The lowest BCUT2D eigenvalue weighted by Gasteiger charge is -2.18. The minimum Gasteiger partial charge on any atom is -0.333 e. The zero-order valence-electron chi connectivity index (χ0n) is 21.1. The molecule has 0 bridgehead atoms. The molecule has 1 amide bonds. The molecule has 7 nitrogen and oxygen atoms in total. The van der Waals surface area contributed by atoms with Crippen molar-refractivity contribution in [3.63, 3.8) is 0 Å². The third kappa shape index (κ3) is 3.86. The molecule has 1 aliphatic heterocycles. The van der Waals surface area contributed by atoms with E-state index in [4.69, 9.17) is 4.98 Å². The number of alkyl halides is 3. The summed E-state index contributed by atoms with van der Waals surface area (Å²) in [5.74, 6) is 1.55. The third-order valence-corrected chi connectivity index (χ3v) is 7.29. The predicted molar refractivity (Wildman–Crippen MR) is 135 cm³/mol. The van der Waals surface area contributed by atoms with Gasteiger partial charge in [0.2, 0.25) is 5.91 Å². The Morgan fingerprint density at radius 2 is 1.79 bits per heavy atom. The van der Waals surface area contributed by atoms with Crippen molar-refractivity contribution in [2.45, 2.75) is 50.7 Å². The van der Waals surface area contributed by atoms with Crippen LogP contribution in [-0.4, -0.2) is 30.4 Å². The first kappa shape index (κ1) is 24.3. The van der Waals surface area contributed by atoms with Crippen molar-refractivity contribution < 1.29 is 18.0 Å². The number of aromatic nitrogens is 5. The average Bonchev–Trinajstić information content (AvgIpc) is 3.55. The van der Waals surface area contributed by atoms with Gasteiger partial charge in [-0.25, -0.2) is 15.0 Å². The first-order valence-corrected chi connectivity index (χ1v) is 12.4. The Morgan fingerprint density at radius 1 is 1.05 bits per heavy atom. The molecule has 194 valence electrons. The molecule has 4 aromatic rings. The van der Waals surface area contributed by atoms with E-state index in [1.54, 1.807) is 29.4 Å². The summed E-state index contributed by atoms with van der Waals surface area (Å²) in [6, 6.07) is 10.9. The molecule has 0 unspecified atom stereocenters. The Morgan fingerprint density at radius 3 is 2.42 bits per heavy atom. The summed E-state index contributed by atoms with van der Waals surface area (Å²) in [4.78, 5) is 33.0. The number of aryl methyl sites for hydroxylation is 1. The van der Waals surface area contributed by atoms with Gasteiger partial charge in [0, 0.05) is 42.3 Å². The zero-order chi connectivity index (χ0) is 26.8. The molecule has 1 saturated carbocycles. The number of rotatable bonds is 5. The highest BCUT2D eigenvalue weighted by Crippen LogP contribution is 2.57. The number of amides is 1. The van der Waals surface area contributed by atoms with Crippen LogP contribution < -0.4 is 4.90 Å². The van der Waals surface area contributed by atoms with Gasteiger partial charge in [-0.3, -0.25) is 14.7 Å². The highest BCUT2D eigenvalue weighted by atomic mass is 19.4. The van der Waals surface area contributed by atoms with Crippen LogP contribution in [0.4, 0.5) is 19.0 Å². The largest absolute Gasteiger partial charge is 0.434 e. The summed E-state index contributed by atoms with van der Waals surface area (Å²) >= 11 is 0. The van der Waals surface area contributed by atoms with Gasteiger partial charge in [-0.15, -0.1) is 0 Å². The van der Waals surface area contributed by atoms with Crippen LogP contribution >= 0.6 is 0 Å². The number of carbonyl (C=O) groups is 1. The SMILES string of the molecule is CC(C)c1ncccc1-c1ncc2c(n1)N(Cc1ccc(-c3nc(C(F)(F)F)cn3C)cc1)C(=O)C21CC1. The molecular formula is C28H25F3N6O. The van der Waals surface area contributed by atoms with Gasteiger partial charge in [-0.1, -0.05) is 38.1 Å². The number of hydrogen-bond acceptors (Lipinski definition) is 5. The van der Waals surface area contributed by atoms with E-state index in [9.17, 15) is 18.0 Å². The molecule has 4 heterocycles. The Labute approximate surface area is 217 Å². The molecule has 0 atom stereocenters. The van der Waals surface area contributed by atoms with E-state index >= 15 is 0 Å². The molecule has 1 spiro atoms. The molecule has 1 aromatic carbocycles. The van der Waals surface area contributed by atoms with Crippen LogP contribution in [-0.2, 0) is 30.0 Å². The van der Waals surface area contributed by atoms with Gasteiger partial charge in [-0.05, 0) is 36.5 Å². The number of fused-ring (bicyclic) bond motifs is 2. The van der Waals surface area contributed by atoms with E-state index in [1.165, 1.54) is 11.6 Å². The molecule has 0 N–H and O–H groups in total. The van der Waals surface area contributed by atoms with Crippen molar-refractivity contribution in [3.8, 4) is 22.8 Å². The first-order chi connectivity index (χ1) is 18.1. The number of halogens is 3. The van der Waals surface area contributed by atoms with E-state index in [0.29, 0.717) is 23.8 Å². The quantitative estimate of drug-likeness (QED) is 0.341. The normalized spacial score (nSPS) is 16.0. The number of pyridine rings is 1. The zero-order valence-corrected chi connectivity index (χ0v) is 21.1. The topological polar surface area (TPSA) is 76.8 Å². The summed E-state index contributed by atoms with van der Waals surface area (Å²) in [7, 11) is 1.53. The lowest BCUT2D eigenvalue weighted by molar-refractivity contribution is -0.140. The molecule has 6 rings (SSSR count). The minimum absolute atomic E-state index is 0.0113. The fourth-order valence-corrected chi connectivity index (χ4v) is 5.15. The van der Waals surface area contributed by atoms with E-state index in [-0.39, 0.29) is 17.6 Å². The smallest absolute Gasteiger partial charge is 0.333 e. The van der Waals surface area contributed by atoms with Crippen molar-refractivity contribution in [1.82, 2.24) is 24.5 Å². The van der Waals surface area contributed by atoms with Crippen molar-refractivity contribution in [1.29, 1.82) is 0 Å². The molecule has 38 heavy (non-hydrogen) atoms. The molecule has 1 aliphatic carbocycles. The summed E-state index contributed by atoms with van der Waals surface area (Å²) in [6.07, 6.45) is 1.53. The molecule has 1 fully saturated rings. The molecular weight excluding hydrogens is 493 g/mol. The van der Waals surface area contributed by atoms with E-state index in [0.717, 1.165) is 41.4 Å². The van der Waals surface area contributed by atoms with Crippen molar-refractivity contribution in [2.24, 2.45) is 7.05 Å². The first-order valence-electron chi connectivity index (χ1n) is 12.4. The fraction of sp³-hybridized carbons (Fsp3) is 0.321. The maximum Gasteiger partial charge on any atom is 0.434 e. The van der Waals surface area contributed by atoms with Gasteiger partial charge in [0.1, 0.15) is 11.6 Å². The molecule has 0 saturated heterocycles. The Balaban J connectivity index is 1.32. The number of carbonyl (C=O) groups excluding carboxylic acids is 1. The summed E-state index contributed by atoms with van der Waals surface area (Å²) in [6.45, 7) is 4.42. The van der Waals surface area contributed by atoms with Gasteiger partial charge in [0.05, 0.1) is 17.7 Å². The van der Waals surface area contributed by atoms with Crippen LogP contribution in [0.5, 0.6) is 0 Å². The van der Waals surface area contributed by atoms with Crippen molar-refractivity contribution in [2.75, 3.05) is 4.90 Å². The average molecular weight is 519 g/mol. The summed E-state index contributed by atoms with van der Waals surface area (Å²) in [5, 5.41) is 0. The highest BCUT2D eigenvalue weighted by Gasteiger charge is 2.60. The number of benzene rings is 1. The minimum atomic E-state index is -4.51. The van der Waals surface area contributed by atoms with Gasteiger partial charge in [-0.2, -0.15) is 13.2 Å². The Bertz CT molecular complexity index is 1550.